The molecule has 112 valence electrons. The van der Waals surface area contributed by atoms with Crippen molar-refractivity contribution in [3.05, 3.63) is 35.5 Å². The van der Waals surface area contributed by atoms with Gasteiger partial charge in [0.05, 0.1) is 0 Å². The van der Waals surface area contributed by atoms with Gasteiger partial charge in [-0.2, -0.15) is 0 Å². The zero-order chi connectivity index (χ0) is 15.0. The number of nitrogens with zero attached hydrogens (tertiary/aromatic N) is 2. The summed E-state index contributed by atoms with van der Waals surface area (Å²) in [6, 6.07) is 8.37. The van der Waals surface area contributed by atoms with Crippen LogP contribution in [-0.4, -0.2) is 53.9 Å². The summed E-state index contributed by atoms with van der Waals surface area (Å²) in [6.07, 6.45) is 0. The highest BCUT2D eigenvalue weighted by Gasteiger charge is 2.21. The minimum Gasteiger partial charge on any atom is -0.351 e. The van der Waals surface area contributed by atoms with Gasteiger partial charge in [0.1, 0.15) is 5.69 Å². The Balaban J connectivity index is 1.85. The van der Waals surface area contributed by atoms with Crippen LogP contribution in [0.15, 0.2) is 24.3 Å². The molecule has 2 aromatic rings. The zero-order valence-corrected chi connectivity index (χ0v) is 13.0. The van der Waals surface area contributed by atoms with Crippen molar-refractivity contribution in [2.45, 2.75) is 19.8 Å². The summed E-state index contributed by atoms with van der Waals surface area (Å²) in [7, 11) is 2.10. The Morgan fingerprint density at radius 2 is 1.86 bits per heavy atom. The molecule has 4 nitrogen and oxygen atoms in total. The van der Waals surface area contributed by atoms with Crippen LogP contribution in [0.3, 0.4) is 0 Å². The number of H-pyrrole nitrogens is 1. The van der Waals surface area contributed by atoms with E-state index in [9.17, 15) is 4.79 Å². The summed E-state index contributed by atoms with van der Waals surface area (Å²) in [5, 5.41) is 1.12. The molecular formula is C17H23N3O. The van der Waals surface area contributed by atoms with E-state index in [2.05, 4.69) is 49.0 Å². The van der Waals surface area contributed by atoms with Crippen molar-refractivity contribution < 1.29 is 4.79 Å². The van der Waals surface area contributed by atoms with Crippen molar-refractivity contribution >= 4 is 16.8 Å². The minimum atomic E-state index is 0.116. The third-order valence-electron chi connectivity index (χ3n) is 4.33. The number of benzene rings is 1. The van der Waals surface area contributed by atoms with Crippen LogP contribution in [0.2, 0.25) is 0 Å². The summed E-state index contributed by atoms with van der Waals surface area (Å²) in [5.74, 6) is 0.617. The van der Waals surface area contributed by atoms with Gasteiger partial charge in [-0.3, -0.25) is 4.79 Å². The lowest BCUT2D eigenvalue weighted by atomic mass is 10.0. The Morgan fingerprint density at radius 1 is 1.14 bits per heavy atom. The lowest BCUT2D eigenvalue weighted by Gasteiger charge is -2.32. The normalized spacial score (nSPS) is 16.9. The van der Waals surface area contributed by atoms with Crippen molar-refractivity contribution in [1.29, 1.82) is 0 Å². The molecule has 0 atom stereocenters. The van der Waals surface area contributed by atoms with Crippen LogP contribution in [0.5, 0.6) is 0 Å². The van der Waals surface area contributed by atoms with Gasteiger partial charge < -0.3 is 14.8 Å². The molecule has 3 rings (SSSR count). The number of aromatic amines is 1. The van der Waals surface area contributed by atoms with E-state index in [0.29, 0.717) is 11.6 Å². The molecule has 0 saturated carbocycles. The highest BCUT2D eigenvalue weighted by molar-refractivity contribution is 5.98. The second kappa shape index (κ2) is 5.53. The van der Waals surface area contributed by atoms with Crippen LogP contribution < -0.4 is 0 Å². The lowest BCUT2D eigenvalue weighted by molar-refractivity contribution is 0.0659. The number of hydrogen-bond acceptors (Lipinski definition) is 2. The van der Waals surface area contributed by atoms with E-state index in [1.54, 1.807) is 0 Å². The van der Waals surface area contributed by atoms with Crippen LogP contribution >= 0.6 is 0 Å². The van der Waals surface area contributed by atoms with Crippen molar-refractivity contribution in [1.82, 2.24) is 14.8 Å². The summed E-state index contributed by atoms with van der Waals surface area (Å²) in [5.41, 5.74) is 3.05. The highest BCUT2D eigenvalue weighted by atomic mass is 16.2. The van der Waals surface area contributed by atoms with Crippen LogP contribution in [0.25, 0.3) is 10.9 Å². The molecule has 1 aromatic carbocycles. The molecule has 1 aliphatic rings. The van der Waals surface area contributed by atoms with Gasteiger partial charge >= 0.3 is 0 Å². The number of carbonyl (C=O) groups excluding carboxylic acids is 1. The molecule has 0 unspecified atom stereocenters. The fraction of sp³-hybridized carbons (Fsp3) is 0.471. The standard InChI is InChI=1S/C17H23N3O/c1-12(2)13-4-5-15-14(10-13)11-16(18-15)17(21)20-8-6-19(3)7-9-20/h4-5,10-12,18H,6-9H2,1-3H3. The highest BCUT2D eigenvalue weighted by Crippen LogP contribution is 2.22. The summed E-state index contributed by atoms with van der Waals surface area (Å²) >= 11 is 0. The smallest absolute Gasteiger partial charge is 0.270 e. The predicted molar refractivity (Wildman–Crippen MR) is 85.8 cm³/mol. The van der Waals surface area contributed by atoms with Gasteiger partial charge in [-0.1, -0.05) is 19.9 Å². The van der Waals surface area contributed by atoms with Crippen LogP contribution in [0.1, 0.15) is 35.8 Å². The average Bonchev–Trinajstić information content (AvgIpc) is 2.90. The molecule has 0 spiro atoms. The molecule has 2 heterocycles. The van der Waals surface area contributed by atoms with Crippen molar-refractivity contribution in [2.75, 3.05) is 33.2 Å². The number of carbonyl (C=O) groups is 1. The largest absolute Gasteiger partial charge is 0.351 e. The Morgan fingerprint density at radius 3 is 2.52 bits per heavy atom. The monoisotopic (exact) mass is 285 g/mol. The first-order chi connectivity index (χ1) is 10.0. The van der Waals surface area contributed by atoms with E-state index >= 15 is 0 Å². The van der Waals surface area contributed by atoms with E-state index in [1.807, 2.05) is 11.0 Å². The summed E-state index contributed by atoms with van der Waals surface area (Å²) in [6.45, 7) is 7.88. The molecule has 1 N–H and O–H groups in total. The number of aromatic nitrogens is 1. The first kappa shape index (κ1) is 14.1. The van der Waals surface area contributed by atoms with Gasteiger partial charge in [0.2, 0.25) is 0 Å². The molecular weight excluding hydrogens is 262 g/mol. The third kappa shape index (κ3) is 2.81. The van der Waals surface area contributed by atoms with E-state index in [-0.39, 0.29) is 5.91 Å². The number of piperazine rings is 1. The number of rotatable bonds is 2. The van der Waals surface area contributed by atoms with Gasteiger partial charge in [0.25, 0.3) is 5.91 Å². The topological polar surface area (TPSA) is 39.3 Å². The zero-order valence-electron chi connectivity index (χ0n) is 13.0. The van der Waals surface area contributed by atoms with Crippen LogP contribution in [-0.2, 0) is 0 Å². The maximum Gasteiger partial charge on any atom is 0.270 e. The predicted octanol–water partition coefficient (Wildman–Crippen LogP) is 2.68. The molecule has 0 radical (unpaired) electrons. The van der Waals surface area contributed by atoms with E-state index < -0.39 is 0 Å². The maximum absolute atomic E-state index is 12.6. The third-order valence-corrected chi connectivity index (χ3v) is 4.33. The quantitative estimate of drug-likeness (QED) is 0.921. The molecule has 1 aromatic heterocycles. The second-order valence-electron chi connectivity index (χ2n) is 6.28. The van der Waals surface area contributed by atoms with E-state index in [4.69, 9.17) is 0 Å². The number of likely N-dealkylation sites (N-methyl/N-ethyl adjacent to an activating group) is 1. The Labute approximate surface area is 125 Å². The average molecular weight is 285 g/mol. The number of hydrogen-bond donors (Lipinski definition) is 1. The molecule has 1 fully saturated rings. The molecule has 1 aliphatic heterocycles. The van der Waals surface area contributed by atoms with Crippen LogP contribution in [0.4, 0.5) is 0 Å². The second-order valence-corrected chi connectivity index (χ2v) is 6.28. The Kier molecular flexibility index (Phi) is 3.72. The van der Waals surface area contributed by atoms with Crippen LogP contribution in [0, 0.1) is 0 Å². The number of nitrogens with one attached hydrogen (secondary N) is 1. The van der Waals surface area contributed by atoms with Crippen molar-refractivity contribution in [3.8, 4) is 0 Å². The number of fused-ring (bicyclic) bond motifs is 1. The van der Waals surface area contributed by atoms with E-state index in [1.165, 1.54) is 5.56 Å². The molecule has 0 bridgehead atoms. The first-order valence-electron chi connectivity index (χ1n) is 7.65. The van der Waals surface area contributed by atoms with Crippen molar-refractivity contribution in [2.24, 2.45) is 0 Å². The molecule has 0 aliphatic carbocycles. The maximum atomic E-state index is 12.6. The first-order valence-corrected chi connectivity index (χ1v) is 7.65. The fourth-order valence-electron chi connectivity index (χ4n) is 2.81. The Hall–Kier alpha value is -1.81. The van der Waals surface area contributed by atoms with Crippen molar-refractivity contribution in [3.63, 3.8) is 0 Å². The molecule has 1 saturated heterocycles. The van der Waals surface area contributed by atoms with Gasteiger partial charge in [0, 0.05) is 37.1 Å². The van der Waals surface area contributed by atoms with Gasteiger partial charge in [-0.05, 0) is 36.7 Å². The van der Waals surface area contributed by atoms with Gasteiger partial charge in [-0.15, -0.1) is 0 Å². The summed E-state index contributed by atoms with van der Waals surface area (Å²) in [4.78, 5) is 20.0. The Bertz CT molecular complexity index is 651. The molecule has 21 heavy (non-hydrogen) atoms. The molecule has 1 amide bonds. The SMILES string of the molecule is CC(C)c1ccc2[nH]c(C(=O)N3CCN(C)CC3)cc2c1. The summed E-state index contributed by atoms with van der Waals surface area (Å²) < 4.78 is 0. The van der Waals surface area contributed by atoms with Gasteiger partial charge in [0.15, 0.2) is 0 Å². The fourth-order valence-corrected chi connectivity index (χ4v) is 2.81. The number of amides is 1. The lowest BCUT2D eigenvalue weighted by Crippen LogP contribution is -2.47. The van der Waals surface area contributed by atoms with E-state index in [0.717, 1.165) is 37.1 Å². The van der Waals surface area contributed by atoms with Gasteiger partial charge in [-0.25, -0.2) is 0 Å². The molecule has 4 heteroatoms. The minimum absolute atomic E-state index is 0.116.